The van der Waals surface area contributed by atoms with Crippen molar-refractivity contribution in [1.29, 1.82) is 0 Å². The summed E-state index contributed by atoms with van der Waals surface area (Å²) in [5, 5.41) is 0. The zero-order valence-electron chi connectivity index (χ0n) is 14.1. The molecule has 2 amide bonds. The molecule has 0 N–H and O–H groups in total. The maximum absolute atomic E-state index is 13.2. The second-order valence-corrected chi connectivity index (χ2v) is 8.18. The Morgan fingerprint density at radius 1 is 0.913 bits per heavy atom. The van der Waals surface area contributed by atoms with Gasteiger partial charge in [0.25, 0.3) is 0 Å². The van der Waals surface area contributed by atoms with Crippen molar-refractivity contribution in [2.24, 2.45) is 23.2 Å². The van der Waals surface area contributed by atoms with Crippen molar-refractivity contribution < 1.29 is 14.3 Å². The Bertz CT molecular complexity index is 461. The normalized spacial score (nSPS) is 38.7. The number of hydrogen-bond donors (Lipinski definition) is 0. The Labute approximate surface area is 138 Å². The average Bonchev–Trinajstić information content (AvgIpc) is 2.53. The number of ether oxygens (including phenoxy) is 1. The first-order valence-electron chi connectivity index (χ1n) is 9.31. The van der Waals surface area contributed by atoms with E-state index in [1.54, 1.807) is 4.90 Å². The van der Waals surface area contributed by atoms with Crippen LogP contribution in [0.4, 0.5) is 4.79 Å². The fourth-order valence-corrected chi connectivity index (χ4v) is 6.01. The van der Waals surface area contributed by atoms with Gasteiger partial charge in [-0.15, -0.1) is 0 Å². The highest BCUT2D eigenvalue weighted by atomic mass is 16.6. The van der Waals surface area contributed by atoms with Crippen LogP contribution in [-0.2, 0) is 9.53 Å². The van der Waals surface area contributed by atoms with Crippen LogP contribution in [0.3, 0.4) is 0 Å². The fourth-order valence-electron chi connectivity index (χ4n) is 6.01. The number of carbonyl (C=O) groups excluding carboxylic acids is 2. The van der Waals surface area contributed by atoms with Gasteiger partial charge in [0, 0.05) is 26.2 Å². The van der Waals surface area contributed by atoms with Gasteiger partial charge in [-0.2, -0.15) is 0 Å². The quantitative estimate of drug-likeness (QED) is 0.785. The molecule has 0 spiro atoms. The van der Waals surface area contributed by atoms with E-state index in [1.807, 2.05) is 11.8 Å². The van der Waals surface area contributed by atoms with Crippen LogP contribution in [-0.4, -0.2) is 54.6 Å². The van der Waals surface area contributed by atoms with Crippen LogP contribution >= 0.6 is 0 Å². The van der Waals surface area contributed by atoms with Crippen molar-refractivity contribution in [2.45, 2.75) is 45.4 Å². The second-order valence-electron chi connectivity index (χ2n) is 8.18. The van der Waals surface area contributed by atoms with Gasteiger partial charge in [0.15, 0.2) is 0 Å². The Hall–Kier alpha value is -1.26. The first-order chi connectivity index (χ1) is 11.1. The van der Waals surface area contributed by atoms with Crippen molar-refractivity contribution in [3.8, 4) is 0 Å². The maximum Gasteiger partial charge on any atom is 0.409 e. The van der Waals surface area contributed by atoms with E-state index in [4.69, 9.17) is 4.74 Å². The molecule has 5 aliphatic rings. The van der Waals surface area contributed by atoms with Crippen LogP contribution < -0.4 is 0 Å². The van der Waals surface area contributed by atoms with E-state index in [-0.39, 0.29) is 11.5 Å². The summed E-state index contributed by atoms with van der Waals surface area (Å²) < 4.78 is 5.06. The molecular formula is C18H28N2O3. The molecule has 1 heterocycles. The van der Waals surface area contributed by atoms with Crippen molar-refractivity contribution >= 4 is 12.0 Å². The second kappa shape index (κ2) is 5.67. The lowest BCUT2D eigenvalue weighted by Gasteiger charge is -2.57. The largest absolute Gasteiger partial charge is 0.450 e. The monoisotopic (exact) mass is 320 g/mol. The number of amides is 2. The molecule has 5 heteroatoms. The summed E-state index contributed by atoms with van der Waals surface area (Å²) in [4.78, 5) is 28.8. The van der Waals surface area contributed by atoms with Crippen molar-refractivity contribution in [2.75, 3.05) is 32.8 Å². The molecule has 0 aromatic rings. The van der Waals surface area contributed by atoms with Crippen LogP contribution in [0.2, 0.25) is 0 Å². The fraction of sp³-hybridized carbons (Fsp3) is 0.889. The predicted octanol–water partition coefficient (Wildman–Crippen LogP) is 2.50. The Balaban J connectivity index is 1.40. The third kappa shape index (κ3) is 2.62. The first kappa shape index (κ1) is 15.3. The Morgan fingerprint density at radius 3 is 1.87 bits per heavy atom. The van der Waals surface area contributed by atoms with Crippen molar-refractivity contribution in [1.82, 2.24) is 9.80 Å². The highest BCUT2D eigenvalue weighted by Crippen LogP contribution is 2.60. The minimum Gasteiger partial charge on any atom is -0.450 e. The predicted molar refractivity (Wildman–Crippen MR) is 85.8 cm³/mol. The molecule has 4 bridgehead atoms. The lowest BCUT2D eigenvalue weighted by atomic mass is 9.49. The number of piperazine rings is 1. The van der Waals surface area contributed by atoms with Gasteiger partial charge < -0.3 is 14.5 Å². The smallest absolute Gasteiger partial charge is 0.409 e. The zero-order chi connectivity index (χ0) is 16.0. The number of carbonyl (C=O) groups is 2. The molecule has 23 heavy (non-hydrogen) atoms. The molecule has 5 rings (SSSR count). The third-order valence-electron chi connectivity index (χ3n) is 6.58. The lowest BCUT2D eigenvalue weighted by Crippen LogP contribution is -2.58. The van der Waals surface area contributed by atoms with Gasteiger partial charge in [-0.05, 0) is 63.2 Å². The molecule has 0 unspecified atom stereocenters. The van der Waals surface area contributed by atoms with E-state index < -0.39 is 0 Å². The number of hydrogen-bond acceptors (Lipinski definition) is 3. The highest BCUT2D eigenvalue weighted by Gasteiger charge is 2.55. The summed E-state index contributed by atoms with van der Waals surface area (Å²) in [5.74, 6) is 2.78. The summed E-state index contributed by atoms with van der Waals surface area (Å²) in [6.07, 6.45) is 7.21. The molecule has 5 nitrogen and oxygen atoms in total. The maximum atomic E-state index is 13.2. The van der Waals surface area contributed by atoms with Crippen LogP contribution in [0.15, 0.2) is 0 Å². The van der Waals surface area contributed by atoms with Crippen LogP contribution in [0.1, 0.15) is 45.4 Å². The molecule has 1 saturated heterocycles. The summed E-state index contributed by atoms with van der Waals surface area (Å²) in [5.41, 5.74) is -0.0547. The van der Waals surface area contributed by atoms with Gasteiger partial charge in [0.2, 0.25) is 5.91 Å². The summed E-state index contributed by atoms with van der Waals surface area (Å²) in [7, 11) is 0. The molecule has 0 aromatic carbocycles. The highest BCUT2D eigenvalue weighted by molar-refractivity contribution is 5.83. The molecule has 5 fully saturated rings. The summed E-state index contributed by atoms with van der Waals surface area (Å²) in [6.45, 7) is 4.78. The minimum absolute atomic E-state index is 0.0547. The third-order valence-corrected chi connectivity index (χ3v) is 6.58. The van der Waals surface area contributed by atoms with Gasteiger partial charge >= 0.3 is 6.09 Å². The topological polar surface area (TPSA) is 49.9 Å². The van der Waals surface area contributed by atoms with E-state index in [9.17, 15) is 9.59 Å². The van der Waals surface area contributed by atoms with Gasteiger partial charge in [-0.3, -0.25) is 4.79 Å². The molecule has 4 aliphatic carbocycles. The SMILES string of the molecule is CCOC(=O)N1CCN(C(=O)C23CC4CC(CC(C4)C2)C3)CC1. The molecule has 128 valence electrons. The van der Waals surface area contributed by atoms with E-state index in [0.29, 0.717) is 38.7 Å². The molecule has 0 atom stereocenters. The number of rotatable bonds is 2. The molecule has 1 aliphatic heterocycles. The van der Waals surface area contributed by atoms with Crippen molar-refractivity contribution in [3.05, 3.63) is 0 Å². The summed E-state index contributed by atoms with van der Waals surface area (Å²) in [6, 6.07) is 0. The first-order valence-corrected chi connectivity index (χ1v) is 9.31. The standard InChI is InChI=1S/C18H28N2O3/c1-2-23-17(22)20-5-3-19(4-6-20)16(21)18-10-13-7-14(11-18)9-15(8-13)12-18/h13-15H,2-12H2,1H3. The molecular weight excluding hydrogens is 292 g/mol. The van der Waals surface area contributed by atoms with Crippen LogP contribution in [0.25, 0.3) is 0 Å². The lowest BCUT2D eigenvalue weighted by molar-refractivity contribution is -0.159. The number of nitrogens with zero attached hydrogens (tertiary/aromatic N) is 2. The minimum atomic E-state index is -0.241. The van der Waals surface area contributed by atoms with Crippen LogP contribution in [0.5, 0.6) is 0 Å². The van der Waals surface area contributed by atoms with Gasteiger partial charge in [-0.25, -0.2) is 4.79 Å². The molecule has 0 radical (unpaired) electrons. The van der Waals surface area contributed by atoms with Crippen molar-refractivity contribution in [3.63, 3.8) is 0 Å². The van der Waals surface area contributed by atoms with E-state index in [1.165, 1.54) is 19.3 Å². The van der Waals surface area contributed by atoms with Crippen LogP contribution in [0, 0.1) is 23.2 Å². The average molecular weight is 320 g/mol. The van der Waals surface area contributed by atoms with Gasteiger partial charge in [0.05, 0.1) is 12.0 Å². The van der Waals surface area contributed by atoms with Gasteiger partial charge in [0.1, 0.15) is 0 Å². The Kier molecular flexibility index (Phi) is 3.77. The Morgan fingerprint density at radius 2 is 1.39 bits per heavy atom. The molecule has 4 saturated carbocycles. The van der Waals surface area contributed by atoms with E-state index in [2.05, 4.69) is 0 Å². The zero-order valence-corrected chi connectivity index (χ0v) is 14.1. The van der Waals surface area contributed by atoms with E-state index in [0.717, 1.165) is 37.0 Å². The van der Waals surface area contributed by atoms with Gasteiger partial charge in [-0.1, -0.05) is 0 Å². The molecule has 0 aromatic heterocycles. The van der Waals surface area contributed by atoms with E-state index >= 15 is 0 Å². The summed E-state index contributed by atoms with van der Waals surface area (Å²) >= 11 is 0.